The van der Waals surface area contributed by atoms with Crippen molar-refractivity contribution in [2.24, 2.45) is 0 Å². The largest absolute Gasteiger partial charge is 0.493 e. The van der Waals surface area contributed by atoms with Crippen molar-refractivity contribution in [2.45, 2.75) is 18.9 Å². The molecule has 0 spiro atoms. The number of rotatable bonds is 2. The SMILES string of the molecule is Fc1cc(NC2CCCOc3cc(Br)ccc32)ccc1Cl. The fourth-order valence-corrected chi connectivity index (χ4v) is 2.94. The van der Waals surface area contributed by atoms with E-state index < -0.39 is 5.82 Å². The summed E-state index contributed by atoms with van der Waals surface area (Å²) in [5.41, 5.74) is 1.81. The second kappa shape index (κ2) is 6.24. The van der Waals surface area contributed by atoms with Crippen LogP contribution in [0.1, 0.15) is 24.4 Å². The van der Waals surface area contributed by atoms with E-state index in [4.69, 9.17) is 16.3 Å². The molecule has 1 atom stereocenters. The Labute approximate surface area is 136 Å². The lowest BCUT2D eigenvalue weighted by Gasteiger charge is -2.20. The highest BCUT2D eigenvalue weighted by molar-refractivity contribution is 9.10. The van der Waals surface area contributed by atoms with Gasteiger partial charge in [0.25, 0.3) is 0 Å². The third-order valence-electron chi connectivity index (χ3n) is 3.51. The Bertz CT molecular complexity index is 665. The molecule has 0 amide bonds. The smallest absolute Gasteiger partial charge is 0.143 e. The second-order valence-electron chi connectivity index (χ2n) is 5.00. The normalized spacial score (nSPS) is 17.6. The lowest BCUT2D eigenvalue weighted by atomic mass is 10.0. The van der Waals surface area contributed by atoms with Crippen molar-refractivity contribution in [3.63, 3.8) is 0 Å². The van der Waals surface area contributed by atoms with Crippen LogP contribution in [0, 0.1) is 5.82 Å². The molecule has 1 aliphatic rings. The fraction of sp³-hybridized carbons (Fsp3) is 0.250. The zero-order valence-corrected chi connectivity index (χ0v) is 13.5. The first-order valence-corrected chi connectivity index (χ1v) is 7.94. The average molecular weight is 371 g/mol. The van der Waals surface area contributed by atoms with Gasteiger partial charge in [-0.15, -0.1) is 0 Å². The zero-order valence-electron chi connectivity index (χ0n) is 11.2. The minimum Gasteiger partial charge on any atom is -0.493 e. The number of fused-ring (bicyclic) bond motifs is 1. The van der Waals surface area contributed by atoms with Crippen LogP contribution in [0.3, 0.4) is 0 Å². The molecule has 110 valence electrons. The molecule has 2 aromatic carbocycles. The Morgan fingerprint density at radius 2 is 2.10 bits per heavy atom. The second-order valence-corrected chi connectivity index (χ2v) is 6.32. The number of anilines is 1. The van der Waals surface area contributed by atoms with Gasteiger partial charge in [0, 0.05) is 15.7 Å². The average Bonchev–Trinajstić information content (AvgIpc) is 2.65. The van der Waals surface area contributed by atoms with Crippen molar-refractivity contribution >= 4 is 33.2 Å². The van der Waals surface area contributed by atoms with Crippen LogP contribution in [0.5, 0.6) is 5.75 Å². The summed E-state index contributed by atoms with van der Waals surface area (Å²) in [6, 6.07) is 10.9. The van der Waals surface area contributed by atoms with Gasteiger partial charge >= 0.3 is 0 Å². The Balaban J connectivity index is 1.90. The molecule has 2 aromatic rings. The van der Waals surface area contributed by atoms with Crippen LogP contribution in [-0.2, 0) is 0 Å². The first-order chi connectivity index (χ1) is 10.1. The van der Waals surface area contributed by atoms with E-state index in [0.29, 0.717) is 6.61 Å². The van der Waals surface area contributed by atoms with E-state index in [1.54, 1.807) is 12.1 Å². The molecular formula is C16H14BrClFNO. The third-order valence-corrected chi connectivity index (χ3v) is 4.31. The van der Waals surface area contributed by atoms with Crippen LogP contribution in [-0.4, -0.2) is 6.61 Å². The third kappa shape index (κ3) is 3.33. The van der Waals surface area contributed by atoms with Gasteiger partial charge in [-0.3, -0.25) is 0 Å². The highest BCUT2D eigenvalue weighted by Gasteiger charge is 2.20. The van der Waals surface area contributed by atoms with Crippen LogP contribution in [0.4, 0.5) is 10.1 Å². The lowest BCUT2D eigenvalue weighted by Crippen LogP contribution is -2.10. The van der Waals surface area contributed by atoms with Gasteiger partial charge in [0.2, 0.25) is 0 Å². The van der Waals surface area contributed by atoms with Gasteiger partial charge in [-0.05, 0) is 43.2 Å². The first-order valence-electron chi connectivity index (χ1n) is 6.77. The quantitative estimate of drug-likeness (QED) is 0.746. The summed E-state index contributed by atoms with van der Waals surface area (Å²) in [6.07, 6.45) is 1.87. The van der Waals surface area contributed by atoms with Gasteiger partial charge in [-0.1, -0.05) is 33.6 Å². The van der Waals surface area contributed by atoms with E-state index in [9.17, 15) is 4.39 Å². The van der Waals surface area contributed by atoms with E-state index in [2.05, 4.69) is 21.2 Å². The van der Waals surface area contributed by atoms with E-state index in [0.717, 1.165) is 34.3 Å². The molecule has 1 aliphatic heterocycles. The van der Waals surface area contributed by atoms with Gasteiger partial charge in [-0.25, -0.2) is 4.39 Å². The summed E-state index contributed by atoms with van der Waals surface area (Å²) in [5, 5.41) is 3.50. The molecule has 5 heteroatoms. The van der Waals surface area contributed by atoms with Crippen molar-refractivity contribution in [3.8, 4) is 5.75 Å². The standard InChI is InChI=1S/C16H14BrClFNO/c17-10-3-5-12-15(2-1-7-21-16(12)8-10)20-11-4-6-13(18)14(19)9-11/h3-6,8-9,15,20H,1-2,7H2. The number of hydrogen-bond donors (Lipinski definition) is 1. The van der Waals surface area contributed by atoms with Crippen molar-refractivity contribution in [2.75, 3.05) is 11.9 Å². The first kappa shape index (κ1) is 14.7. The highest BCUT2D eigenvalue weighted by Crippen LogP contribution is 2.36. The maximum absolute atomic E-state index is 13.6. The lowest BCUT2D eigenvalue weighted by molar-refractivity contribution is 0.316. The summed E-state index contributed by atoms with van der Waals surface area (Å²) in [6.45, 7) is 0.691. The van der Waals surface area contributed by atoms with Gasteiger partial charge in [0.15, 0.2) is 0 Å². The van der Waals surface area contributed by atoms with Crippen molar-refractivity contribution < 1.29 is 9.13 Å². The maximum Gasteiger partial charge on any atom is 0.143 e. The van der Waals surface area contributed by atoms with E-state index in [-0.39, 0.29) is 11.1 Å². The van der Waals surface area contributed by atoms with Crippen LogP contribution < -0.4 is 10.1 Å². The summed E-state index contributed by atoms with van der Waals surface area (Å²) < 4.78 is 20.3. The van der Waals surface area contributed by atoms with E-state index in [1.807, 2.05) is 18.2 Å². The van der Waals surface area contributed by atoms with Crippen LogP contribution in [0.2, 0.25) is 5.02 Å². The van der Waals surface area contributed by atoms with E-state index >= 15 is 0 Å². The number of halogens is 3. The minimum atomic E-state index is -0.414. The summed E-state index contributed by atoms with van der Waals surface area (Å²) in [4.78, 5) is 0. The number of nitrogens with one attached hydrogen (secondary N) is 1. The maximum atomic E-state index is 13.6. The monoisotopic (exact) mass is 369 g/mol. The molecule has 3 rings (SSSR count). The van der Waals surface area contributed by atoms with Crippen molar-refractivity contribution in [3.05, 3.63) is 57.3 Å². The summed E-state index contributed by atoms with van der Waals surface area (Å²) in [7, 11) is 0. The summed E-state index contributed by atoms with van der Waals surface area (Å²) >= 11 is 9.18. The Hall–Kier alpha value is -1.26. The van der Waals surface area contributed by atoms with E-state index in [1.165, 1.54) is 6.07 Å². The highest BCUT2D eigenvalue weighted by atomic mass is 79.9. The fourth-order valence-electron chi connectivity index (χ4n) is 2.48. The van der Waals surface area contributed by atoms with Crippen LogP contribution in [0.15, 0.2) is 40.9 Å². The van der Waals surface area contributed by atoms with Crippen molar-refractivity contribution in [1.82, 2.24) is 0 Å². The number of ether oxygens (including phenoxy) is 1. The molecule has 1 N–H and O–H groups in total. The van der Waals surface area contributed by atoms with Crippen LogP contribution >= 0.6 is 27.5 Å². The number of hydrogen-bond acceptors (Lipinski definition) is 2. The van der Waals surface area contributed by atoms with Gasteiger partial charge in [-0.2, -0.15) is 0 Å². The van der Waals surface area contributed by atoms with Crippen LogP contribution in [0.25, 0.3) is 0 Å². The molecule has 0 saturated heterocycles. The zero-order chi connectivity index (χ0) is 14.8. The molecule has 1 unspecified atom stereocenters. The molecule has 21 heavy (non-hydrogen) atoms. The predicted octanol–water partition coefficient (Wildman–Crippen LogP) is 5.57. The molecule has 0 bridgehead atoms. The molecule has 1 heterocycles. The molecular weight excluding hydrogens is 357 g/mol. The molecule has 2 nitrogen and oxygen atoms in total. The summed E-state index contributed by atoms with van der Waals surface area (Å²) in [5.74, 6) is 0.455. The number of benzene rings is 2. The Kier molecular flexibility index (Phi) is 4.36. The Morgan fingerprint density at radius 1 is 1.24 bits per heavy atom. The van der Waals surface area contributed by atoms with Gasteiger partial charge < -0.3 is 10.1 Å². The molecule has 0 radical (unpaired) electrons. The predicted molar refractivity (Wildman–Crippen MR) is 86.6 cm³/mol. The van der Waals surface area contributed by atoms with Gasteiger partial charge in [0.1, 0.15) is 11.6 Å². The molecule has 0 aromatic heterocycles. The van der Waals surface area contributed by atoms with Gasteiger partial charge in [0.05, 0.1) is 17.7 Å². The molecule has 0 fully saturated rings. The topological polar surface area (TPSA) is 21.3 Å². The minimum absolute atomic E-state index is 0.0937. The Morgan fingerprint density at radius 3 is 2.90 bits per heavy atom. The van der Waals surface area contributed by atoms with Crippen molar-refractivity contribution in [1.29, 1.82) is 0 Å². The molecule has 0 aliphatic carbocycles. The molecule has 0 saturated carbocycles.